The van der Waals surface area contributed by atoms with Gasteiger partial charge in [-0.1, -0.05) is 35.9 Å². The third-order valence-electron chi connectivity index (χ3n) is 3.66. The second kappa shape index (κ2) is 8.62. The van der Waals surface area contributed by atoms with E-state index >= 15 is 0 Å². The standard InChI is InChI=1S/C19H21ClN2O2/c1-21(2)10-11-22(13-16-4-3-5-18(20)12-16)19(24)17-8-6-15(14-23)7-9-17/h3-9,12,14H,10-11,13H2,1-2H3. The molecule has 0 saturated carbocycles. The Morgan fingerprint density at radius 1 is 1.08 bits per heavy atom. The zero-order chi connectivity index (χ0) is 17.5. The summed E-state index contributed by atoms with van der Waals surface area (Å²) in [6.07, 6.45) is 0.768. The van der Waals surface area contributed by atoms with Crippen molar-refractivity contribution in [2.45, 2.75) is 6.54 Å². The van der Waals surface area contributed by atoms with E-state index in [2.05, 4.69) is 0 Å². The van der Waals surface area contributed by atoms with Gasteiger partial charge in [0.1, 0.15) is 6.29 Å². The minimum atomic E-state index is -0.0609. The maximum atomic E-state index is 12.8. The minimum absolute atomic E-state index is 0.0609. The van der Waals surface area contributed by atoms with E-state index in [-0.39, 0.29) is 5.91 Å². The molecule has 2 aromatic carbocycles. The van der Waals surface area contributed by atoms with Gasteiger partial charge in [-0.3, -0.25) is 9.59 Å². The van der Waals surface area contributed by atoms with Gasteiger partial charge in [0.15, 0.2) is 0 Å². The number of aldehydes is 1. The second-order valence-corrected chi connectivity index (χ2v) is 6.34. The molecule has 4 nitrogen and oxygen atoms in total. The number of nitrogens with zero attached hydrogens (tertiary/aromatic N) is 2. The van der Waals surface area contributed by atoms with Crippen LogP contribution < -0.4 is 0 Å². The van der Waals surface area contributed by atoms with Crippen LogP contribution in [-0.4, -0.2) is 49.2 Å². The second-order valence-electron chi connectivity index (χ2n) is 5.90. The number of halogens is 1. The number of benzene rings is 2. The summed E-state index contributed by atoms with van der Waals surface area (Å²) in [6.45, 7) is 1.86. The molecule has 1 amide bonds. The van der Waals surface area contributed by atoms with Gasteiger partial charge in [0.05, 0.1) is 0 Å². The summed E-state index contributed by atoms with van der Waals surface area (Å²) < 4.78 is 0. The molecular weight excluding hydrogens is 324 g/mol. The average molecular weight is 345 g/mol. The van der Waals surface area contributed by atoms with Gasteiger partial charge in [-0.25, -0.2) is 0 Å². The molecule has 126 valence electrons. The highest BCUT2D eigenvalue weighted by molar-refractivity contribution is 6.30. The van der Waals surface area contributed by atoms with Crippen LogP contribution in [0.2, 0.25) is 5.02 Å². The van der Waals surface area contributed by atoms with Crippen LogP contribution in [0.4, 0.5) is 0 Å². The summed E-state index contributed by atoms with van der Waals surface area (Å²) in [4.78, 5) is 27.4. The van der Waals surface area contributed by atoms with E-state index in [1.807, 2.05) is 43.3 Å². The molecule has 0 aliphatic heterocycles. The molecule has 0 unspecified atom stereocenters. The Hall–Kier alpha value is -2.17. The van der Waals surface area contributed by atoms with Crippen molar-refractivity contribution in [2.24, 2.45) is 0 Å². The predicted octanol–water partition coefficient (Wildman–Crippen LogP) is 3.36. The smallest absolute Gasteiger partial charge is 0.254 e. The zero-order valence-corrected chi connectivity index (χ0v) is 14.7. The number of hydrogen-bond donors (Lipinski definition) is 0. The van der Waals surface area contributed by atoms with Gasteiger partial charge in [-0.15, -0.1) is 0 Å². The van der Waals surface area contributed by atoms with Gasteiger partial charge in [-0.05, 0) is 43.9 Å². The lowest BCUT2D eigenvalue weighted by Gasteiger charge is -2.25. The molecule has 0 heterocycles. The van der Waals surface area contributed by atoms with E-state index in [9.17, 15) is 9.59 Å². The van der Waals surface area contributed by atoms with E-state index in [0.717, 1.165) is 18.4 Å². The number of rotatable bonds is 7. The third kappa shape index (κ3) is 5.18. The first kappa shape index (κ1) is 18.2. The quantitative estimate of drug-likeness (QED) is 0.723. The molecule has 0 aliphatic carbocycles. The lowest BCUT2D eigenvalue weighted by molar-refractivity contribution is 0.0731. The highest BCUT2D eigenvalue weighted by Gasteiger charge is 2.16. The summed E-state index contributed by atoms with van der Waals surface area (Å²) in [5, 5.41) is 0.655. The first-order chi connectivity index (χ1) is 11.5. The number of amides is 1. The summed E-state index contributed by atoms with van der Waals surface area (Å²) in [5.74, 6) is -0.0609. The largest absolute Gasteiger partial charge is 0.333 e. The summed E-state index contributed by atoms with van der Waals surface area (Å²) >= 11 is 6.04. The van der Waals surface area contributed by atoms with Gasteiger partial charge in [0, 0.05) is 35.8 Å². The molecule has 0 bridgehead atoms. The van der Waals surface area contributed by atoms with Crippen molar-refractivity contribution < 1.29 is 9.59 Å². The van der Waals surface area contributed by atoms with Gasteiger partial charge >= 0.3 is 0 Å². The Morgan fingerprint density at radius 2 is 1.79 bits per heavy atom. The van der Waals surface area contributed by atoms with Crippen LogP contribution >= 0.6 is 11.6 Å². The highest BCUT2D eigenvalue weighted by Crippen LogP contribution is 2.15. The summed E-state index contributed by atoms with van der Waals surface area (Å²) in [7, 11) is 3.95. The molecule has 0 saturated heterocycles. The Bertz CT molecular complexity index is 699. The molecular formula is C19H21ClN2O2. The SMILES string of the molecule is CN(C)CCN(Cc1cccc(Cl)c1)C(=O)c1ccc(C=O)cc1. The van der Waals surface area contributed by atoms with Crippen LogP contribution in [0.3, 0.4) is 0 Å². The van der Waals surface area contributed by atoms with Gasteiger partial charge < -0.3 is 9.80 Å². The van der Waals surface area contributed by atoms with E-state index in [1.165, 1.54) is 0 Å². The molecule has 0 spiro atoms. The first-order valence-electron chi connectivity index (χ1n) is 7.73. The van der Waals surface area contributed by atoms with Crippen molar-refractivity contribution in [1.82, 2.24) is 9.80 Å². The Labute approximate surface area is 147 Å². The van der Waals surface area contributed by atoms with Crippen molar-refractivity contribution in [3.63, 3.8) is 0 Å². The van der Waals surface area contributed by atoms with Crippen LogP contribution in [0.5, 0.6) is 0 Å². The van der Waals surface area contributed by atoms with Gasteiger partial charge in [-0.2, -0.15) is 0 Å². The molecule has 0 radical (unpaired) electrons. The van der Waals surface area contributed by atoms with Crippen LogP contribution in [0.25, 0.3) is 0 Å². The van der Waals surface area contributed by atoms with Crippen molar-refractivity contribution in [3.8, 4) is 0 Å². The first-order valence-corrected chi connectivity index (χ1v) is 8.11. The van der Waals surface area contributed by atoms with Crippen molar-refractivity contribution in [1.29, 1.82) is 0 Å². The minimum Gasteiger partial charge on any atom is -0.333 e. The fourth-order valence-corrected chi connectivity index (χ4v) is 2.53. The van der Waals surface area contributed by atoms with E-state index < -0.39 is 0 Å². The number of carbonyl (C=O) groups is 2. The Morgan fingerprint density at radius 3 is 2.38 bits per heavy atom. The Balaban J connectivity index is 2.19. The molecule has 0 N–H and O–H groups in total. The van der Waals surface area contributed by atoms with Crippen LogP contribution in [0.1, 0.15) is 26.3 Å². The fourth-order valence-electron chi connectivity index (χ4n) is 2.32. The van der Waals surface area contributed by atoms with Crippen molar-refractivity contribution in [3.05, 3.63) is 70.2 Å². The van der Waals surface area contributed by atoms with Gasteiger partial charge in [0.25, 0.3) is 5.91 Å². The fraction of sp³-hybridized carbons (Fsp3) is 0.263. The molecule has 5 heteroatoms. The van der Waals surface area contributed by atoms with Crippen LogP contribution in [-0.2, 0) is 6.54 Å². The maximum Gasteiger partial charge on any atom is 0.254 e. The van der Waals surface area contributed by atoms with E-state index in [4.69, 9.17) is 11.6 Å². The van der Waals surface area contributed by atoms with Crippen LogP contribution in [0.15, 0.2) is 48.5 Å². The summed E-state index contributed by atoms with van der Waals surface area (Å²) in [5.41, 5.74) is 2.11. The zero-order valence-electron chi connectivity index (χ0n) is 13.9. The molecule has 0 fully saturated rings. The number of likely N-dealkylation sites (N-methyl/N-ethyl adjacent to an activating group) is 1. The normalized spacial score (nSPS) is 10.7. The lowest BCUT2D eigenvalue weighted by Crippen LogP contribution is -2.36. The molecule has 0 aromatic heterocycles. The topological polar surface area (TPSA) is 40.6 Å². The monoisotopic (exact) mass is 344 g/mol. The van der Waals surface area contributed by atoms with Crippen LogP contribution in [0, 0.1) is 0 Å². The van der Waals surface area contributed by atoms with Crippen molar-refractivity contribution in [2.75, 3.05) is 27.2 Å². The highest BCUT2D eigenvalue weighted by atomic mass is 35.5. The van der Waals surface area contributed by atoms with E-state index in [1.54, 1.807) is 29.2 Å². The molecule has 0 aliphatic rings. The predicted molar refractivity (Wildman–Crippen MR) is 96.6 cm³/mol. The molecule has 2 rings (SSSR count). The average Bonchev–Trinajstić information content (AvgIpc) is 2.58. The van der Waals surface area contributed by atoms with E-state index in [0.29, 0.717) is 29.2 Å². The molecule has 0 atom stereocenters. The Kier molecular flexibility index (Phi) is 6.53. The molecule has 24 heavy (non-hydrogen) atoms. The lowest BCUT2D eigenvalue weighted by atomic mass is 10.1. The molecule has 2 aromatic rings. The summed E-state index contributed by atoms with van der Waals surface area (Å²) in [6, 6.07) is 14.2. The van der Waals surface area contributed by atoms with Crippen molar-refractivity contribution >= 4 is 23.8 Å². The third-order valence-corrected chi connectivity index (χ3v) is 3.90. The van der Waals surface area contributed by atoms with Gasteiger partial charge in [0.2, 0.25) is 0 Å². The number of hydrogen-bond acceptors (Lipinski definition) is 3. The number of carbonyl (C=O) groups excluding carboxylic acids is 2. The maximum absolute atomic E-state index is 12.8.